The average molecular weight is 188 g/mol. The van der Waals surface area contributed by atoms with Gasteiger partial charge in [0.05, 0.1) is 0 Å². The van der Waals surface area contributed by atoms with E-state index in [2.05, 4.69) is 0 Å². The topological polar surface area (TPSA) is 37.4 Å². The van der Waals surface area contributed by atoms with E-state index >= 15 is 0 Å². The van der Waals surface area contributed by atoms with Gasteiger partial charge in [-0.05, 0) is 20.8 Å². The van der Waals surface area contributed by atoms with Crippen molar-refractivity contribution in [3.63, 3.8) is 0 Å². The van der Waals surface area contributed by atoms with E-state index in [4.69, 9.17) is 11.6 Å². The zero-order valence-corrected chi connectivity index (χ0v) is 7.97. The summed E-state index contributed by atoms with van der Waals surface area (Å²) in [5.74, 6) is -0.744. The molecule has 0 atom stereocenters. The second-order valence-electron chi connectivity index (χ2n) is 3.64. The van der Waals surface area contributed by atoms with Crippen molar-refractivity contribution in [2.45, 2.75) is 26.3 Å². The lowest BCUT2D eigenvalue weighted by atomic mass is 10.1. The van der Waals surface area contributed by atoms with Gasteiger partial charge in [-0.1, -0.05) is 11.6 Å². The Hall–Kier alpha value is -0.830. The summed E-state index contributed by atoms with van der Waals surface area (Å²) in [6.07, 6.45) is 1.15. The molecule has 0 saturated heterocycles. The third-order valence-electron chi connectivity index (χ3n) is 1.55. The van der Waals surface area contributed by atoms with Crippen molar-refractivity contribution < 1.29 is 9.59 Å². The van der Waals surface area contributed by atoms with E-state index in [9.17, 15) is 9.59 Å². The number of rotatable bonds is 0. The highest BCUT2D eigenvalue weighted by molar-refractivity contribution is 6.46. The molecule has 0 aliphatic carbocycles. The molecule has 4 heteroatoms. The van der Waals surface area contributed by atoms with Crippen molar-refractivity contribution in [2.75, 3.05) is 0 Å². The quantitative estimate of drug-likeness (QED) is 0.536. The van der Waals surface area contributed by atoms with Crippen LogP contribution in [0.5, 0.6) is 0 Å². The second kappa shape index (κ2) is 2.59. The van der Waals surface area contributed by atoms with Crippen molar-refractivity contribution in [1.82, 2.24) is 4.90 Å². The first-order chi connectivity index (χ1) is 5.34. The molecule has 0 aromatic rings. The highest BCUT2D eigenvalue weighted by atomic mass is 35.5. The summed E-state index contributed by atoms with van der Waals surface area (Å²) in [5, 5.41) is -0.00470. The minimum Gasteiger partial charge on any atom is -0.269 e. The van der Waals surface area contributed by atoms with Gasteiger partial charge in [-0.25, -0.2) is 0 Å². The van der Waals surface area contributed by atoms with Gasteiger partial charge in [0.15, 0.2) is 0 Å². The Morgan fingerprint density at radius 3 is 2.00 bits per heavy atom. The molecule has 0 fully saturated rings. The van der Waals surface area contributed by atoms with Crippen LogP contribution >= 0.6 is 11.6 Å². The molecule has 1 aliphatic rings. The first-order valence-corrected chi connectivity index (χ1v) is 3.97. The molecule has 2 amide bonds. The molecule has 1 rings (SSSR count). The van der Waals surface area contributed by atoms with Gasteiger partial charge in [-0.2, -0.15) is 0 Å². The third kappa shape index (κ3) is 1.37. The van der Waals surface area contributed by atoms with E-state index in [1.165, 1.54) is 0 Å². The molecule has 0 saturated carbocycles. The van der Waals surface area contributed by atoms with Crippen LogP contribution in [-0.2, 0) is 9.59 Å². The van der Waals surface area contributed by atoms with E-state index in [0.29, 0.717) is 0 Å². The van der Waals surface area contributed by atoms with Crippen LogP contribution in [-0.4, -0.2) is 22.3 Å². The molecule has 0 radical (unpaired) electrons. The Morgan fingerprint density at radius 1 is 1.33 bits per heavy atom. The monoisotopic (exact) mass is 187 g/mol. The predicted molar refractivity (Wildman–Crippen MR) is 45.5 cm³/mol. The summed E-state index contributed by atoms with van der Waals surface area (Å²) in [5.41, 5.74) is -0.499. The molecule has 3 nitrogen and oxygen atoms in total. The van der Waals surface area contributed by atoms with E-state index in [1.807, 2.05) is 0 Å². The number of imide groups is 1. The highest BCUT2D eigenvalue weighted by Gasteiger charge is 2.37. The molecule has 0 aromatic heterocycles. The van der Waals surface area contributed by atoms with Crippen molar-refractivity contribution in [2.24, 2.45) is 0 Å². The smallest absolute Gasteiger partial charge is 0.269 e. The van der Waals surface area contributed by atoms with Gasteiger partial charge in [-0.15, -0.1) is 0 Å². The van der Waals surface area contributed by atoms with E-state index in [1.54, 1.807) is 20.8 Å². The van der Waals surface area contributed by atoms with Gasteiger partial charge in [0.2, 0.25) is 0 Å². The molecule has 0 spiro atoms. The van der Waals surface area contributed by atoms with Gasteiger partial charge in [-0.3, -0.25) is 14.5 Å². The Balaban J connectivity index is 2.99. The maximum Gasteiger partial charge on any atom is 0.272 e. The van der Waals surface area contributed by atoms with Crippen LogP contribution in [0, 0.1) is 0 Å². The van der Waals surface area contributed by atoms with E-state index in [0.717, 1.165) is 11.0 Å². The Bertz CT molecular complexity index is 275. The van der Waals surface area contributed by atoms with Crippen LogP contribution in [0.15, 0.2) is 11.1 Å². The fourth-order valence-corrected chi connectivity index (χ4v) is 1.25. The summed E-state index contributed by atoms with van der Waals surface area (Å²) in [6, 6.07) is 0. The number of hydrogen-bond donors (Lipinski definition) is 0. The number of hydrogen-bond acceptors (Lipinski definition) is 2. The molecule has 0 unspecified atom stereocenters. The van der Waals surface area contributed by atoms with Crippen molar-refractivity contribution in [3.8, 4) is 0 Å². The molecular formula is C8H10ClNO2. The maximum atomic E-state index is 11.3. The van der Waals surface area contributed by atoms with Crippen LogP contribution < -0.4 is 0 Å². The lowest BCUT2D eigenvalue weighted by Crippen LogP contribution is -2.45. The number of amides is 2. The van der Waals surface area contributed by atoms with Crippen LogP contribution in [0.3, 0.4) is 0 Å². The lowest BCUT2D eigenvalue weighted by Gasteiger charge is -2.29. The fourth-order valence-electron chi connectivity index (χ4n) is 1.08. The van der Waals surface area contributed by atoms with Crippen LogP contribution in [0.4, 0.5) is 0 Å². The zero-order chi connectivity index (χ0) is 9.52. The third-order valence-corrected chi connectivity index (χ3v) is 1.82. The molecule has 66 valence electrons. The summed E-state index contributed by atoms with van der Waals surface area (Å²) in [6.45, 7) is 5.35. The molecule has 12 heavy (non-hydrogen) atoms. The molecule has 0 aromatic carbocycles. The van der Waals surface area contributed by atoms with Crippen LogP contribution in [0.2, 0.25) is 0 Å². The second-order valence-corrected chi connectivity index (χ2v) is 4.05. The summed E-state index contributed by atoms with van der Waals surface area (Å²) < 4.78 is 0. The molecule has 1 heterocycles. The zero-order valence-electron chi connectivity index (χ0n) is 7.22. The minimum absolute atomic E-state index is 0.00470. The van der Waals surface area contributed by atoms with Gasteiger partial charge in [0, 0.05) is 11.6 Å². The molecule has 0 bridgehead atoms. The van der Waals surface area contributed by atoms with E-state index in [-0.39, 0.29) is 10.9 Å². The van der Waals surface area contributed by atoms with E-state index < -0.39 is 11.4 Å². The van der Waals surface area contributed by atoms with Crippen LogP contribution in [0.25, 0.3) is 0 Å². The summed E-state index contributed by atoms with van der Waals surface area (Å²) >= 11 is 5.51. The SMILES string of the molecule is CC(C)(C)N1C(=O)C=C(Cl)C1=O. The predicted octanol–water partition coefficient (Wildman–Crippen LogP) is 1.28. The molecule has 1 aliphatic heterocycles. The van der Waals surface area contributed by atoms with Gasteiger partial charge in [0.1, 0.15) is 5.03 Å². The van der Waals surface area contributed by atoms with Crippen molar-refractivity contribution >= 4 is 23.4 Å². The lowest BCUT2D eigenvalue weighted by molar-refractivity contribution is -0.142. The number of halogens is 1. The minimum atomic E-state index is -0.499. The summed E-state index contributed by atoms with van der Waals surface area (Å²) in [7, 11) is 0. The maximum absolute atomic E-state index is 11.3. The largest absolute Gasteiger partial charge is 0.272 e. The Kier molecular flexibility index (Phi) is 2.00. The van der Waals surface area contributed by atoms with Crippen molar-refractivity contribution in [3.05, 3.63) is 11.1 Å². The standard InChI is InChI=1S/C8H10ClNO2/c1-8(2,3)10-6(11)4-5(9)7(10)12/h4H,1-3H3. The first kappa shape index (κ1) is 9.26. The van der Waals surface area contributed by atoms with Crippen molar-refractivity contribution in [1.29, 1.82) is 0 Å². The van der Waals surface area contributed by atoms with Crippen LogP contribution in [0.1, 0.15) is 20.8 Å². The van der Waals surface area contributed by atoms with Gasteiger partial charge in [0.25, 0.3) is 11.8 Å². The fraction of sp³-hybridized carbons (Fsp3) is 0.500. The first-order valence-electron chi connectivity index (χ1n) is 3.60. The average Bonchev–Trinajstić information content (AvgIpc) is 2.05. The summed E-state index contributed by atoms with van der Waals surface area (Å²) in [4.78, 5) is 23.6. The molecular weight excluding hydrogens is 178 g/mol. The molecule has 0 N–H and O–H groups in total. The Labute approximate surface area is 76.0 Å². The highest BCUT2D eigenvalue weighted by Crippen LogP contribution is 2.24. The normalized spacial score (nSPS) is 18.7. The number of carbonyl (C=O) groups excluding carboxylic acids is 2. The van der Waals surface area contributed by atoms with Gasteiger partial charge < -0.3 is 0 Å². The number of carbonyl (C=O) groups is 2. The van der Waals surface area contributed by atoms with Gasteiger partial charge >= 0.3 is 0 Å². The number of nitrogens with zero attached hydrogens (tertiary/aromatic N) is 1. The Morgan fingerprint density at radius 2 is 1.83 bits per heavy atom.